The molecule has 0 aliphatic carbocycles. The van der Waals surface area contributed by atoms with Gasteiger partial charge in [-0.05, 0) is 74.3 Å². The molecule has 2 atom stereocenters. The van der Waals surface area contributed by atoms with Crippen molar-refractivity contribution in [2.45, 2.75) is 25.3 Å². The van der Waals surface area contributed by atoms with Gasteiger partial charge in [-0.15, -0.1) is 0 Å². The number of rotatable bonds is 7. The van der Waals surface area contributed by atoms with Gasteiger partial charge in [0.2, 0.25) is 5.91 Å². The fraction of sp³-hybridized carbons (Fsp3) is 0.480. The third-order valence-corrected chi connectivity index (χ3v) is 6.92. The predicted octanol–water partition coefficient (Wildman–Crippen LogP) is 3.51. The smallest absolute Gasteiger partial charge is 0.225 e. The molecule has 1 N–H and O–H groups in total. The number of nitrogens with one attached hydrogen (secondary N) is 1. The van der Waals surface area contributed by atoms with Crippen LogP contribution in [-0.4, -0.2) is 62.8 Å². The normalized spacial score (nSPS) is 20.9. The third kappa shape index (κ3) is 5.20. The molecule has 1 amide bonds. The van der Waals surface area contributed by atoms with Crippen LogP contribution in [0.5, 0.6) is 11.5 Å². The van der Waals surface area contributed by atoms with E-state index in [0.29, 0.717) is 37.0 Å². The molecule has 0 bridgehead atoms. The maximum atomic E-state index is 14.5. The lowest BCUT2D eigenvalue weighted by Crippen LogP contribution is -2.50. The number of fused-ring (bicyclic) bond motifs is 1. The molecule has 2 fully saturated rings. The van der Waals surface area contributed by atoms with Crippen LogP contribution in [0.25, 0.3) is 0 Å². The molecule has 8 heteroatoms. The second kappa shape index (κ2) is 9.77. The number of hydrogen-bond acceptors (Lipinski definition) is 5. The molecular weight excluding hydrogens is 445 g/mol. The Morgan fingerprint density at radius 2 is 1.94 bits per heavy atom. The first-order valence-corrected chi connectivity index (χ1v) is 12.0. The van der Waals surface area contributed by atoms with E-state index in [-0.39, 0.29) is 23.6 Å². The molecule has 0 saturated carbocycles. The molecule has 3 aliphatic heterocycles. The molecule has 33 heavy (non-hydrogen) atoms. The largest absolute Gasteiger partial charge is 0.486 e. The minimum Gasteiger partial charge on any atom is -0.486 e. The van der Waals surface area contributed by atoms with Gasteiger partial charge < -0.3 is 24.6 Å². The first-order chi connectivity index (χ1) is 16.0. The van der Waals surface area contributed by atoms with Crippen LogP contribution in [0.15, 0.2) is 36.4 Å². The molecular formula is C25H29ClFN3O3. The van der Waals surface area contributed by atoms with Crippen LogP contribution in [0.4, 0.5) is 10.1 Å². The molecule has 0 spiro atoms. The summed E-state index contributed by atoms with van der Waals surface area (Å²) in [5.41, 5.74) is 1.88. The lowest BCUT2D eigenvalue weighted by Gasteiger charge is -2.35. The molecule has 2 saturated heterocycles. The van der Waals surface area contributed by atoms with Gasteiger partial charge in [-0.1, -0.05) is 11.6 Å². The molecule has 5 rings (SSSR count). The van der Waals surface area contributed by atoms with E-state index in [4.69, 9.17) is 21.1 Å². The van der Waals surface area contributed by atoms with Gasteiger partial charge in [0.1, 0.15) is 13.2 Å². The van der Waals surface area contributed by atoms with Crippen LogP contribution < -0.4 is 19.7 Å². The van der Waals surface area contributed by atoms with Crippen LogP contribution >= 0.6 is 11.6 Å². The summed E-state index contributed by atoms with van der Waals surface area (Å²) in [5.74, 6) is 0.207. The Bertz CT molecular complexity index is 999. The second-order valence-electron chi connectivity index (χ2n) is 9.07. The van der Waals surface area contributed by atoms with Crippen molar-refractivity contribution >= 4 is 23.2 Å². The minimum atomic E-state index is -0.411. The summed E-state index contributed by atoms with van der Waals surface area (Å²) in [6.07, 6.45) is 2.53. The number of amides is 1. The van der Waals surface area contributed by atoms with E-state index in [9.17, 15) is 9.18 Å². The van der Waals surface area contributed by atoms with E-state index >= 15 is 0 Å². The molecule has 0 radical (unpaired) electrons. The Balaban J connectivity index is 1.25. The molecule has 2 unspecified atom stereocenters. The average Bonchev–Trinajstić information content (AvgIpc) is 3.27. The van der Waals surface area contributed by atoms with Crippen molar-refractivity contribution in [2.75, 3.05) is 50.8 Å². The minimum absolute atomic E-state index is 0.0648. The summed E-state index contributed by atoms with van der Waals surface area (Å²) in [7, 11) is 0. The molecule has 2 aromatic rings. The number of ether oxygens (including phenoxy) is 2. The predicted molar refractivity (Wildman–Crippen MR) is 126 cm³/mol. The third-order valence-electron chi connectivity index (χ3n) is 6.66. The number of benzene rings is 2. The van der Waals surface area contributed by atoms with E-state index in [1.54, 1.807) is 0 Å². The van der Waals surface area contributed by atoms with Crippen LogP contribution in [0.2, 0.25) is 5.02 Å². The zero-order valence-electron chi connectivity index (χ0n) is 18.6. The van der Waals surface area contributed by atoms with Crippen molar-refractivity contribution in [3.63, 3.8) is 0 Å². The Kier molecular flexibility index (Phi) is 6.60. The number of likely N-dealkylation sites (tertiary alicyclic amines) is 1. The lowest BCUT2D eigenvalue weighted by molar-refractivity contribution is -0.125. The summed E-state index contributed by atoms with van der Waals surface area (Å²) >= 11 is 6.00. The van der Waals surface area contributed by atoms with Crippen molar-refractivity contribution in [2.24, 2.45) is 5.92 Å². The van der Waals surface area contributed by atoms with Crippen LogP contribution in [0.3, 0.4) is 0 Å². The van der Waals surface area contributed by atoms with Crippen LogP contribution in [0.1, 0.15) is 18.4 Å². The van der Waals surface area contributed by atoms with E-state index in [1.807, 2.05) is 30.3 Å². The second-order valence-corrected chi connectivity index (χ2v) is 9.51. The van der Waals surface area contributed by atoms with E-state index in [0.717, 1.165) is 43.9 Å². The molecule has 6 nitrogen and oxygen atoms in total. The maximum absolute atomic E-state index is 14.5. The van der Waals surface area contributed by atoms with Gasteiger partial charge >= 0.3 is 0 Å². The standard InChI is InChI=1S/C25H29ClFN3O3/c26-19-2-4-21(5-3-19)30-9-6-18(15-30)25(31)28-20(16-29-7-1-8-29)12-17-13-22(27)24-23(14-17)32-10-11-33-24/h2-5,13-14,18,20H,1,6-12,15-16H2,(H,28,31). The van der Waals surface area contributed by atoms with Crippen LogP contribution in [0, 0.1) is 11.7 Å². The number of nitrogens with zero attached hydrogens (tertiary/aromatic N) is 2. The SMILES string of the molecule is O=C(NC(Cc1cc(F)c2c(c1)OCCO2)CN1CCC1)C1CCN(c2ccc(Cl)cc2)C1. The zero-order valence-corrected chi connectivity index (χ0v) is 19.3. The van der Waals surface area contributed by atoms with Gasteiger partial charge in [0.15, 0.2) is 17.3 Å². The van der Waals surface area contributed by atoms with Crippen molar-refractivity contribution < 1.29 is 18.7 Å². The van der Waals surface area contributed by atoms with Crippen molar-refractivity contribution in [3.05, 3.63) is 52.8 Å². The van der Waals surface area contributed by atoms with Crippen molar-refractivity contribution in [3.8, 4) is 11.5 Å². The highest BCUT2D eigenvalue weighted by Gasteiger charge is 2.31. The molecule has 2 aromatic carbocycles. The fourth-order valence-corrected chi connectivity index (χ4v) is 4.91. The van der Waals surface area contributed by atoms with Crippen molar-refractivity contribution in [1.82, 2.24) is 10.2 Å². The number of carbonyl (C=O) groups excluding carboxylic acids is 1. The summed E-state index contributed by atoms with van der Waals surface area (Å²) in [6, 6.07) is 11.0. The molecule has 176 valence electrons. The Labute approximate surface area is 198 Å². The number of halogens is 2. The average molecular weight is 474 g/mol. The van der Waals surface area contributed by atoms with Gasteiger partial charge in [-0.2, -0.15) is 0 Å². The Morgan fingerprint density at radius 3 is 2.70 bits per heavy atom. The van der Waals surface area contributed by atoms with Crippen LogP contribution in [-0.2, 0) is 11.2 Å². The Morgan fingerprint density at radius 1 is 1.15 bits per heavy atom. The van der Waals surface area contributed by atoms with Crippen molar-refractivity contribution in [1.29, 1.82) is 0 Å². The van der Waals surface area contributed by atoms with Gasteiger partial charge in [0.05, 0.1) is 5.92 Å². The summed E-state index contributed by atoms with van der Waals surface area (Å²) in [4.78, 5) is 17.7. The molecule has 3 aliphatic rings. The molecule has 3 heterocycles. The highest BCUT2D eigenvalue weighted by atomic mass is 35.5. The quantitative estimate of drug-likeness (QED) is 0.667. The number of carbonyl (C=O) groups is 1. The van der Waals surface area contributed by atoms with Gasteiger partial charge in [0.25, 0.3) is 0 Å². The lowest BCUT2D eigenvalue weighted by atomic mass is 10.0. The highest BCUT2D eigenvalue weighted by Crippen LogP contribution is 2.34. The monoisotopic (exact) mass is 473 g/mol. The topological polar surface area (TPSA) is 54.0 Å². The number of anilines is 1. The summed E-state index contributed by atoms with van der Waals surface area (Å²) in [5, 5.41) is 3.97. The summed E-state index contributed by atoms with van der Waals surface area (Å²) in [6.45, 7) is 5.12. The van der Waals surface area contributed by atoms with Gasteiger partial charge in [0, 0.05) is 36.4 Å². The maximum Gasteiger partial charge on any atom is 0.225 e. The fourth-order valence-electron chi connectivity index (χ4n) is 4.78. The van der Waals surface area contributed by atoms with E-state index in [2.05, 4.69) is 15.1 Å². The number of hydrogen-bond donors (Lipinski definition) is 1. The van der Waals surface area contributed by atoms with Gasteiger partial charge in [-0.25, -0.2) is 4.39 Å². The van der Waals surface area contributed by atoms with Gasteiger partial charge in [-0.3, -0.25) is 4.79 Å². The Hall–Kier alpha value is -2.51. The zero-order chi connectivity index (χ0) is 22.8. The first-order valence-electron chi connectivity index (χ1n) is 11.7. The van der Waals surface area contributed by atoms with E-state index < -0.39 is 5.82 Å². The highest BCUT2D eigenvalue weighted by molar-refractivity contribution is 6.30. The summed E-state index contributed by atoms with van der Waals surface area (Å²) < 4.78 is 25.5. The van der Waals surface area contributed by atoms with E-state index in [1.165, 1.54) is 12.5 Å². The molecule has 0 aromatic heterocycles. The first kappa shape index (κ1) is 22.3.